The lowest BCUT2D eigenvalue weighted by molar-refractivity contribution is 0.457. The highest BCUT2D eigenvalue weighted by Crippen LogP contribution is 2.05. The zero-order chi connectivity index (χ0) is 8.57. The second kappa shape index (κ2) is 8.74. The fourth-order valence-electron chi connectivity index (χ4n) is 0. The van der Waals surface area contributed by atoms with Gasteiger partial charge in [-0.2, -0.15) is 0 Å². The lowest BCUT2D eigenvalue weighted by Crippen LogP contribution is -1.95. The Hall–Kier alpha value is -0.260. The van der Waals surface area contributed by atoms with Gasteiger partial charge in [-0.15, -0.1) is 0 Å². The Morgan fingerprint density at radius 1 is 0.700 bits per heavy atom. The molecular weight excluding hydrogens is 120 g/mol. The van der Waals surface area contributed by atoms with Gasteiger partial charge in [0, 0.05) is 0 Å². The molecule has 0 rings (SSSR count). The van der Waals surface area contributed by atoms with E-state index in [0.717, 1.165) is 11.8 Å². The molecule has 0 N–H and O–H groups in total. The molecule has 0 heterocycles. The summed E-state index contributed by atoms with van der Waals surface area (Å²) in [5.74, 6) is 1.70. The second-order valence-corrected chi connectivity index (χ2v) is 3.15. The van der Waals surface area contributed by atoms with Crippen molar-refractivity contribution in [3.05, 3.63) is 12.2 Å². The number of hydrogen-bond donors (Lipinski definition) is 0. The number of allylic oxidation sites excluding steroid dienone is 2. The lowest BCUT2D eigenvalue weighted by atomic mass is 10.0. The summed E-state index contributed by atoms with van der Waals surface area (Å²) in [6.07, 6.45) is 4.00. The topological polar surface area (TPSA) is 0 Å². The summed E-state index contributed by atoms with van der Waals surface area (Å²) in [5.41, 5.74) is 0. The van der Waals surface area contributed by atoms with E-state index in [2.05, 4.69) is 27.7 Å². The third-order valence-electron chi connectivity index (χ3n) is 1.67. The summed E-state index contributed by atoms with van der Waals surface area (Å²) in [6, 6.07) is 0. The van der Waals surface area contributed by atoms with Gasteiger partial charge in [-0.05, 0) is 25.7 Å². The van der Waals surface area contributed by atoms with Crippen molar-refractivity contribution in [2.24, 2.45) is 11.8 Å². The normalized spacial score (nSPS) is 10.4. The predicted molar refractivity (Wildman–Crippen MR) is 50.2 cm³/mol. The van der Waals surface area contributed by atoms with E-state index < -0.39 is 0 Å². The van der Waals surface area contributed by atoms with Crippen LogP contribution in [0.4, 0.5) is 0 Å². The van der Waals surface area contributed by atoms with Crippen molar-refractivity contribution in [1.82, 2.24) is 0 Å². The minimum absolute atomic E-state index is 0.852. The van der Waals surface area contributed by atoms with Gasteiger partial charge < -0.3 is 0 Å². The summed E-state index contributed by atoms with van der Waals surface area (Å²) in [7, 11) is 0. The van der Waals surface area contributed by atoms with E-state index in [1.54, 1.807) is 0 Å². The zero-order valence-electron chi connectivity index (χ0n) is 8.31. The minimum Gasteiger partial charge on any atom is -0.0919 e. The van der Waals surface area contributed by atoms with E-state index in [-0.39, 0.29) is 0 Å². The van der Waals surface area contributed by atoms with Gasteiger partial charge in [0.05, 0.1) is 0 Å². The first kappa shape index (κ1) is 12.4. The zero-order valence-corrected chi connectivity index (χ0v) is 8.31. The third-order valence-corrected chi connectivity index (χ3v) is 1.67. The van der Waals surface area contributed by atoms with Crippen molar-refractivity contribution in [3.8, 4) is 0 Å². The Balaban J connectivity index is 0. The van der Waals surface area contributed by atoms with Gasteiger partial charge in [0.25, 0.3) is 0 Å². The van der Waals surface area contributed by atoms with Crippen LogP contribution in [0.25, 0.3) is 0 Å². The van der Waals surface area contributed by atoms with E-state index in [0.29, 0.717) is 0 Å². The van der Waals surface area contributed by atoms with Crippen LogP contribution in [-0.2, 0) is 0 Å². The minimum atomic E-state index is 0.852. The van der Waals surface area contributed by atoms with Gasteiger partial charge in [0.1, 0.15) is 0 Å². The number of hydrogen-bond acceptors (Lipinski definition) is 0. The van der Waals surface area contributed by atoms with Crippen molar-refractivity contribution in [2.75, 3.05) is 0 Å². The molecule has 0 bridgehead atoms. The van der Waals surface area contributed by atoms with Gasteiger partial charge in [0.2, 0.25) is 0 Å². The average molecular weight is 142 g/mol. The van der Waals surface area contributed by atoms with Crippen molar-refractivity contribution < 1.29 is 0 Å². The summed E-state index contributed by atoms with van der Waals surface area (Å²) < 4.78 is 0. The smallest absolute Gasteiger partial charge is 0.0448 e. The Morgan fingerprint density at radius 3 is 0.900 bits per heavy atom. The van der Waals surface area contributed by atoms with Crippen LogP contribution in [0.15, 0.2) is 12.2 Å². The highest BCUT2D eigenvalue weighted by atomic mass is 14.0. The van der Waals surface area contributed by atoms with E-state index in [1.165, 1.54) is 0 Å². The van der Waals surface area contributed by atoms with Crippen molar-refractivity contribution in [3.63, 3.8) is 0 Å². The van der Waals surface area contributed by atoms with Crippen molar-refractivity contribution >= 4 is 0 Å². The van der Waals surface area contributed by atoms with Crippen LogP contribution in [0.2, 0.25) is 0 Å². The van der Waals surface area contributed by atoms with Gasteiger partial charge >= 0.3 is 0 Å². The molecule has 0 amide bonds. The molecule has 0 aromatic heterocycles. The summed E-state index contributed by atoms with van der Waals surface area (Å²) >= 11 is 0. The molecule has 0 aliphatic rings. The molecule has 0 heteroatoms. The fraction of sp³-hybridized carbons (Fsp3) is 0.800. The van der Waals surface area contributed by atoms with E-state index in [9.17, 15) is 0 Å². The molecule has 0 saturated carbocycles. The quantitative estimate of drug-likeness (QED) is 0.487. The fourth-order valence-corrected chi connectivity index (χ4v) is 0. The molecular formula is C10H22. The molecule has 0 aliphatic carbocycles. The molecule has 10 heavy (non-hydrogen) atoms. The molecule has 0 unspecified atom stereocenters. The van der Waals surface area contributed by atoms with Gasteiger partial charge in [-0.1, -0.05) is 39.8 Å². The van der Waals surface area contributed by atoms with Crippen molar-refractivity contribution in [1.29, 1.82) is 0 Å². The largest absolute Gasteiger partial charge is 0.0919 e. The molecule has 0 atom stereocenters. The summed E-state index contributed by atoms with van der Waals surface area (Å²) in [5, 5.41) is 0. The Kier molecular flexibility index (Phi) is 10.9. The standard InChI is InChI=1S/C6H14.C4H8/c1-5(2)6(3)4;1-3-4-2/h5-6H,1-4H3;3-4H,1-2H3/b;4-3+. The maximum absolute atomic E-state index is 2.24. The van der Waals surface area contributed by atoms with Crippen LogP contribution in [-0.4, -0.2) is 0 Å². The van der Waals surface area contributed by atoms with E-state index in [4.69, 9.17) is 0 Å². The molecule has 0 nitrogen and oxygen atoms in total. The molecule has 0 radical (unpaired) electrons. The van der Waals surface area contributed by atoms with Gasteiger partial charge in [0.15, 0.2) is 0 Å². The maximum atomic E-state index is 2.24. The van der Waals surface area contributed by atoms with Crippen LogP contribution < -0.4 is 0 Å². The van der Waals surface area contributed by atoms with E-state index in [1.807, 2.05) is 26.0 Å². The maximum Gasteiger partial charge on any atom is -0.0448 e. The molecule has 0 spiro atoms. The van der Waals surface area contributed by atoms with Crippen LogP contribution in [0, 0.1) is 11.8 Å². The molecule has 0 aromatic carbocycles. The highest BCUT2D eigenvalue weighted by molar-refractivity contribution is 4.68. The average Bonchev–Trinajstić information content (AvgIpc) is 1.89. The lowest BCUT2D eigenvalue weighted by Gasteiger charge is -2.05. The third kappa shape index (κ3) is 15.6. The molecule has 0 aromatic rings. The first-order valence-corrected chi connectivity index (χ1v) is 4.13. The molecule has 0 fully saturated rings. The monoisotopic (exact) mass is 142 g/mol. The first-order valence-electron chi connectivity index (χ1n) is 4.13. The summed E-state index contributed by atoms with van der Waals surface area (Å²) in [6.45, 7) is 13.0. The predicted octanol–water partition coefficient (Wildman–Crippen LogP) is 3.88. The molecule has 0 saturated heterocycles. The van der Waals surface area contributed by atoms with Crippen molar-refractivity contribution in [2.45, 2.75) is 41.5 Å². The molecule has 0 aliphatic heterocycles. The Labute approximate surface area is 66.3 Å². The Bertz CT molecular complexity index is 58.1. The Morgan fingerprint density at radius 2 is 0.900 bits per heavy atom. The van der Waals surface area contributed by atoms with Crippen LogP contribution in [0.1, 0.15) is 41.5 Å². The van der Waals surface area contributed by atoms with Crippen LogP contribution >= 0.6 is 0 Å². The van der Waals surface area contributed by atoms with Gasteiger partial charge in [-0.25, -0.2) is 0 Å². The number of rotatable bonds is 1. The summed E-state index contributed by atoms with van der Waals surface area (Å²) in [4.78, 5) is 0. The van der Waals surface area contributed by atoms with E-state index >= 15 is 0 Å². The molecule has 62 valence electrons. The van der Waals surface area contributed by atoms with Gasteiger partial charge in [-0.3, -0.25) is 0 Å². The van der Waals surface area contributed by atoms with Crippen LogP contribution in [0.3, 0.4) is 0 Å². The highest BCUT2D eigenvalue weighted by Gasteiger charge is 1.95. The second-order valence-electron chi connectivity index (χ2n) is 3.15. The SMILES string of the molecule is C/C=C/C.CC(C)C(C)C. The first-order chi connectivity index (χ1) is 4.56. The van der Waals surface area contributed by atoms with Crippen LogP contribution in [0.5, 0.6) is 0 Å².